The normalized spacial score (nSPS) is 16.6. The Balaban J connectivity index is 1.91. The average molecular weight is 265 g/mol. The molecule has 1 unspecified atom stereocenters. The summed E-state index contributed by atoms with van der Waals surface area (Å²) in [6.07, 6.45) is 2.47. The molecule has 0 bridgehead atoms. The van der Waals surface area contributed by atoms with Crippen molar-refractivity contribution >= 4 is 0 Å². The molecule has 1 aliphatic rings. The van der Waals surface area contributed by atoms with E-state index in [1.54, 1.807) is 18.5 Å². The van der Waals surface area contributed by atoms with Gasteiger partial charge >= 0.3 is 0 Å². The number of halogens is 1. The van der Waals surface area contributed by atoms with Gasteiger partial charge in [-0.3, -0.25) is 4.57 Å². The first-order valence-corrected chi connectivity index (χ1v) is 6.56. The van der Waals surface area contributed by atoms with Crippen molar-refractivity contribution in [3.8, 4) is 5.69 Å². The quantitative estimate of drug-likeness (QED) is 0.677. The van der Waals surface area contributed by atoms with Crippen molar-refractivity contribution in [2.45, 2.75) is 12.3 Å². The second-order valence-corrected chi connectivity index (χ2v) is 4.99. The summed E-state index contributed by atoms with van der Waals surface area (Å²) < 4.78 is 15.5. The largest absolute Gasteiger partial charge is 0.285 e. The van der Waals surface area contributed by atoms with Gasteiger partial charge in [0.1, 0.15) is 18.0 Å². The van der Waals surface area contributed by atoms with Crippen LogP contribution in [0.1, 0.15) is 22.9 Å². The molecule has 1 aromatic heterocycles. The van der Waals surface area contributed by atoms with Crippen molar-refractivity contribution in [2.75, 3.05) is 0 Å². The van der Waals surface area contributed by atoms with E-state index in [0.29, 0.717) is 0 Å². The molecular weight excluding hydrogens is 253 g/mol. The maximum atomic E-state index is 13.5. The Labute approximate surface area is 115 Å². The van der Waals surface area contributed by atoms with Gasteiger partial charge in [-0.15, -0.1) is 10.2 Å². The van der Waals surface area contributed by atoms with Crippen LogP contribution in [0.4, 0.5) is 4.39 Å². The van der Waals surface area contributed by atoms with Gasteiger partial charge in [-0.05, 0) is 29.3 Å². The van der Waals surface area contributed by atoms with Crippen molar-refractivity contribution in [3.63, 3.8) is 0 Å². The lowest BCUT2D eigenvalue weighted by atomic mass is 9.85. The SMILES string of the molecule is Fc1cccc(C2Cc3nncn3-c3ccccc32)c1. The van der Waals surface area contributed by atoms with Crippen molar-refractivity contribution in [2.24, 2.45) is 0 Å². The second kappa shape index (κ2) is 4.27. The highest BCUT2D eigenvalue weighted by atomic mass is 19.1. The minimum atomic E-state index is -0.202. The first kappa shape index (κ1) is 11.3. The monoisotopic (exact) mass is 265 g/mol. The van der Waals surface area contributed by atoms with Gasteiger partial charge in [0.05, 0.1) is 5.69 Å². The predicted octanol–water partition coefficient (Wildman–Crippen LogP) is 3.09. The molecule has 98 valence electrons. The molecule has 2 heterocycles. The zero-order chi connectivity index (χ0) is 13.5. The molecule has 3 aromatic rings. The molecule has 1 aliphatic heterocycles. The Morgan fingerprint density at radius 2 is 2.00 bits per heavy atom. The molecule has 0 N–H and O–H groups in total. The maximum Gasteiger partial charge on any atom is 0.138 e. The van der Waals surface area contributed by atoms with Gasteiger partial charge in [0.15, 0.2) is 0 Å². The summed E-state index contributed by atoms with van der Waals surface area (Å²) >= 11 is 0. The van der Waals surface area contributed by atoms with Gasteiger partial charge in [0.2, 0.25) is 0 Å². The van der Waals surface area contributed by atoms with Crippen LogP contribution in [0, 0.1) is 5.82 Å². The van der Waals surface area contributed by atoms with Crippen LogP contribution in [-0.4, -0.2) is 14.8 Å². The molecule has 0 saturated carbocycles. The minimum Gasteiger partial charge on any atom is -0.285 e. The lowest BCUT2D eigenvalue weighted by Gasteiger charge is -2.26. The number of benzene rings is 2. The summed E-state index contributed by atoms with van der Waals surface area (Å²) in [5, 5.41) is 8.16. The van der Waals surface area contributed by atoms with Gasteiger partial charge in [-0.25, -0.2) is 4.39 Å². The molecule has 0 fully saturated rings. The van der Waals surface area contributed by atoms with E-state index in [-0.39, 0.29) is 11.7 Å². The summed E-state index contributed by atoms with van der Waals surface area (Å²) in [5.74, 6) is 0.837. The smallest absolute Gasteiger partial charge is 0.138 e. The highest BCUT2D eigenvalue weighted by Gasteiger charge is 2.26. The third-order valence-corrected chi connectivity index (χ3v) is 3.83. The molecule has 4 heteroatoms. The van der Waals surface area contributed by atoms with E-state index in [0.717, 1.165) is 23.5 Å². The number of fused-ring (bicyclic) bond motifs is 3. The number of nitrogens with zero attached hydrogens (tertiary/aromatic N) is 3. The molecular formula is C16H12FN3. The lowest BCUT2D eigenvalue weighted by molar-refractivity contribution is 0.619. The van der Waals surface area contributed by atoms with Crippen molar-refractivity contribution in [3.05, 3.63) is 77.6 Å². The highest BCUT2D eigenvalue weighted by molar-refractivity contribution is 5.50. The summed E-state index contributed by atoms with van der Waals surface area (Å²) in [4.78, 5) is 0. The number of para-hydroxylation sites is 1. The lowest BCUT2D eigenvalue weighted by Crippen LogP contribution is -2.18. The molecule has 0 amide bonds. The first-order valence-electron chi connectivity index (χ1n) is 6.56. The van der Waals surface area contributed by atoms with E-state index >= 15 is 0 Å². The molecule has 3 nitrogen and oxygen atoms in total. The Morgan fingerprint density at radius 3 is 2.90 bits per heavy atom. The Kier molecular flexibility index (Phi) is 2.42. The topological polar surface area (TPSA) is 30.7 Å². The van der Waals surface area contributed by atoms with Gasteiger partial charge in [-0.2, -0.15) is 0 Å². The Morgan fingerprint density at radius 1 is 1.10 bits per heavy atom. The van der Waals surface area contributed by atoms with Crippen LogP contribution in [-0.2, 0) is 6.42 Å². The fourth-order valence-electron chi connectivity index (χ4n) is 2.91. The van der Waals surface area contributed by atoms with E-state index < -0.39 is 0 Å². The van der Waals surface area contributed by atoms with Gasteiger partial charge in [0, 0.05) is 12.3 Å². The highest BCUT2D eigenvalue weighted by Crippen LogP contribution is 2.36. The fraction of sp³-hybridized carbons (Fsp3) is 0.125. The van der Waals surface area contributed by atoms with Crippen LogP contribution in [0.3, 0.4) is 0 Å². The molecule has 0 spiro atoms. The maximum absolute atomic E-state index is 13.5. The van der Waals surface area contributed by atoms with E-state index in [9.17, 15) is 4.39 Å². The molecule has 20 heavy (non-hydrogen) atoms. The van der Waals surface area contributed by atoms with E-state index in [1.165, 1.54) is 11.6 Å². The average Bonchev–Trinajstić information content (AvgIpc) is 2.95. The Bertz CT molecular complexity index is 779. The third-order valence-electron chi connectivity index (χ3n) is 3.83. The summed E-state index contributed by atoms with van der Waals surface area (Å²) in [5.41, 5.74) is 3.24. The van der Waals surface area contributed by atoms with Crippen LogP contribution in [0.2, 0.25) is 0 Å². The number of aromatic nitrogens is 3. The van der Waals surface area contributed by atoms with E-state index in [1.807, 2.05) is 28.8 Å². The second-order valence-electron chi connectivity index (χ2n) is 4.99. The van der Waals surface area contributed by atoms with Crippen LogP contribution >= 0.6 is 0 Å². The predicted molar refractivity (Wildman–Crippen MR) is 73.3 cm³/mol. The standard InChI is InChI=1S/C16H12FN3/c17-12-5-3-4-11(8-12)14-9-16-19-18-10-20(16)15-7-2-1-6-13(14)15/h1-8,10,14H,9H2. The van der Waals surface area contributed by atoms with Crippen molar-refractivity contribution < 1.29 is 4.39 Å². The third kappa shape index (κ3) is 1.65. The fourth-order valence-corrected chi connectivity index (χ4v) is 2.91. The van der Waals surface area contributed by atoms with Crippen molar-refractivity contribution in [1.82, 2.24) is 14.8 Å². The summed E-state index contributed by atoms with van der Waals surface area (Å²) in [7, 11) is 0. The van der Waals surface area contributed by atoms with Crippen LogP contribution < -0.4 is 0 Å². The molecule has 0 aliphatic carbocycles. The first-order chi connectivity index (χ1) is 9.83. The van der Waals surface area contributed by atoms with Crippen molar-refractivity contribution in [1.29, 1.82) is 0 Å². The molecule has 4 rings (SSSR count). The molecule has 0 saturated heterocycles. The van der Waals surface area contributed by atoms with Gasteiger partial charge in [0.25, 0.3) is 0 Å². The van der Waals surface area contributed by atoms with Gasteiger partial charge < -0.3 is 0 Å². The zero-order valence-electron chi connectivity index (χ0n) is 10.7. The number of rotatable bonds is 1. The van der Waals surface area contributed by atoms with Gasteiger partial charge in [-0.1, -0.05) is 30.3 Å². The summed E-state index contributed by atoms with van der Waals surface area (Å²) in [6.45, 7) is 0. The zero-order valence-corrected chi connectivity index (χ0v) is 10.7. The Hall–Kier alpha value is -2.49. The molecule has 2 aromatic carbocycles. The van der Waals surface area contributed by atoms with Crippen LogP contribution in [0.15, 0.2) is 54.9 Å². The molecule has 0 radical (unpaired) electrons. The number of hydrogen-bond donors (Lipinski definition) is 0. The van der Waals surface area contributed by atoms with E-state index in [2.05, 4.69) is 16.3 Å². The van der Waals surface area contributed by atoms with Crippen LogP contribution in [0.25, 0.3) is 5.69 Å². The number of hydrogen-bond acceptors (Lipinski definition) is 2. The molecule has 1 atom stereocenters. The van der Waals surface area contributed by atoms with Crippen LogP contribution in [0.5, 0.6) is 0 Å². The minimum absolute atomic E-state index is 0.124. The summed E-state index contributed by atoms with van der Waals surface area (Å²) in [6, 6.07) is 15.0. The van der Waals surface area contributed by atoms with E-state index in [4.69, 9.17) is 0 Å².